The molecular weight excluding hydrogens is 378 g/mol. The Bertz CT molecular complexity index is 717. The highest BCUT2D eigenvalue weighted by Gasteiger charge is 2.38. The maximum Gasteiger partial charge on any atom is 0.233 e. The lowest BCUT2D eigenvalue weighted by molar-refractivity contribution is -0.133. The van der Waals surface area contributed by atoms with Gasteiger partial charge in [0.25, 0.3) is 0 Å². The molecule has 3 rings (SSSR count). The molecule has 1 aliphatic heterocycles. The Balaban J connectivity index is 1.71. The highest BCUT2D eigenvalue weighted by molar-refractivity contribution is 8.00. The normalized spacial score (nSPS) is 23.5. The molecule has 4 nitrogen and oxygen atoms in total. The standard InChI is InChI=1S/C18H24ClNO3S2/c19-16-8-4-5-9-17(16)24-12-18(21)20(14-6-2-1-3-7-14)15-10-11-25(22,23)13-15/h4-5,8-9,14-15H,1-3,6-7,10-13H2. The first-order valence-electron chi connectivity index (χ1n) is 8.85. The number of carbonyl (C=O) groups is 1. The molecule has 2 fully saturated rings. The van der Waals surface area contributed by atoms with E-state index in [2.05, 4.69) is 0 Å². The van der Waals surface area contributed by atoms with Crippen LogP contribution in [0.5, 0.6) is 0 Å². The highest BCUT2D eigenvalue weighted by Crippen LogP contribution is 2.31. The van der Waals surface area contributed by atoms with Gasteiger partial charge in [-0.15, -0.1) is 11.8 Å². The largest absolute Gasteiger partial charge is 0.335 e. The van der Waals surface area contributed by atoms with Crippen LogP contribution in [-0.2, 0) is 14.6 Å². The van der Waals surface area contributed by atoms with Crippen molar-refractivity contribution in [1.82, 2.24) is 4.90 Å². The van der Waals surface area contributed by atoms with E-state index in [4.69, 9.17) is 11.6 Å². The summed E-state index contributed by atoms with van der Waals surface area (Å²) >= 11 is 7.61. The molecule has 1 atom stereocenters. The van der Waals surface area contributed by atoms with Crippen molar-refractivity contribution in [2.45, 2.75) is 55.5 Å². The number of hydrogen-bond acceptors (Lipinski definition) is 4. The molecule has 1 amide bonds. The third-order valence-electron chi connectivity index (χ3n) is 5.05. The molecule has 1 aromatic carbocycles. The number of carbonyl (C=O) groups excluding carboxylic acids is 1. The van der Waals surface area contributed by atoms with Gasteiger partial charge in [-0.05, 0) is 31.4 Å². The van der Waals surface area contributed by atoms with E-state index in [1.807, 2.05) is 29.2 Å². The lowest BCUT2D eigenvalue weighted by Crippen LogP contribution is -2.49. The minimum atomic E-state index is -3.01. The van der Waals surface area contributed by atoms with Crippen LogP contribution in [-0.4, -0.2) is 48.6 Å². The van der Waals surface area contributed by atoms with Crippen molar-refractivity contribution in [2.75, 3.05) is 17.3 Å². The maximum atomic E-state index is 13.0. The van der Waals surface area contributed by atoms with Crippen molar-refractivity contribution >= 4 is 39.1 Å². The second kappa shape index (κ2) is 8.31. The molecule has 0 bridgehead atoms. The predicted molar refractivity (Wildman–Crippen MR) is 103 cm³/mol. The summed E-state index contributed by atoms with van der Waals surface area (Å²) in [5.74, 6) is 0.660. The topological polar surface area (TPSA) is 54.5 Å². The van der Waals surface area contributed by atoms with Gasteiger partial charge in [0.2, 0.25) is 5.91 Å². The summed E-state index contributed by atoms with van der Waals surface area (Å²) in [6, 6.07) is 7.52. The number of halogens is 1. The van der Waals surface area contributed by atoms with E-state index in [0.717, 1.165) is 30.6 Å². The first kappa shape index (κ1) is 19.1. The third-order valence-corrected chi connectivity index (χ3v) is 8.30. The zero-order valence-electron chi connectivity index (χ0n) is 14.2. The van der Waals surface area contributed by atoms with E-state index >= 15 is 0 Å². The van der Waals surface area contributed by atoms with E-state index in [1.165, 1.54) is 18.2 Å². The third kappa shape index (κ3) is 4.92. The lowest BCUT2D eigenvalue weighted by atomic mass is 9.93. The molecule has 1 saturated heterocycles. The minimum Gasteiger partial charge on any atom is -0.335 e. The number of thioether (sulfide) groups is 1. The molecular formula is C18H24ClNO3S2. The van der Waals surface area contributed by atoms with Crippen LogP contribution < -0.4 is 0 Å². The van der Waals surface area contributed by atoms with Crippen LogP contribution >= 0.6 is 23.4 Å². The predicted octanol–water partition coefficient (Wildman–Crippen LogP) is 3.78. The van der Waals surface area contributed by atoms with Gasteiger partial charge in [-0.3, -0.25) is 4.79 Å². The molecule has 25 heavy (non-hydrogen) atoms. The molecule has 0 aromatic heterocycles. The number of sulfone groups is 1. The van der Waals surface area contributed by atoms with Crippen molar-refractivity contribution in [2.24, 2.45) is 0 Å². The van der Waals surface area contributed by atoms with E-state index < -0.39 is 9.84 Å². The molecule has 0 radical (unpaired) electrons. The SMILES string of the molecule is O=C(CSc1ccccc1Cl)N(C1CCCCC1)C1CCS(=O)(=O)C1. The average Bonchev–Trinajstić information content (AvgIpc) is 2.95. The van der Waals surface area contributed by atoms with Gasteiger partial charge in [-0.2, -0.15) is 0 Å². The number of rotatable bonds is 5. The molecule has 7 heteroatoms. The average molecular weight is 402 g/mol. The molecule has 1 saturated carbocycles. The molecule has 1 aliphatic carbocycles. The second-order valence-electron chi connectivity index (χ2n) is 6.87. The van der Waals surface area contributed by atoms with E-state index in [-0.39, 0.29) is 29.5 Å². The second-order valence-corrected chi connectivity index (χ2v) is 10.5. The Morgan fingerprint density at radius 2 is 1.84 bits per heavy atom. The zero-order chi connectivity index (χ0) is 17.9. The van der Waals surface area contributed by atoms with E-state index in [0.29, 0.717) is 17.2 Å². The Morgan fingerprint density at radius 3 is 2.48 bits per heavy atom. The van der Waals surface area contributed by atoms with Gasteiger partial charge in [0.15, 0.2) is 9.84 Å². The number of nitrogens with zero attached hydrogens (tertiary/aromatic N) is 1. The van der Waals surface area contributed by atoms with Crippen LogP contribution in [0, 0.1) is 0 Å². The molecule has 1 unspecified atom stereocenters. The Hall–Kier alpha value is -0.720. The van der Waals surface area contributed by atoms with Gasteiger partial charge in [-0.1, -0.05) is 43.0 Å². The Morgan fingerprint density at radius 1 is 1.12 bits per heavy atom. The van der Waals surface area contributed by atoms with Crippen LogP contribution in [0.15, 0.2) is 29.2 Å². The molecule has 0 spiro atoms. The van der Waals surface area contributed by atoms with E-state index in [1.54, 1.807) is 0 Å². The van der Waals surface area contributed by atoms with Crippen LogP contribution in [0.25, 0.3) is 0 Å². The number of hydrogen-bond donors (Lipinski definition) is 0. The van der Waals surface area contributed by atoms with Gasteiger partial charge in [0.1, 0.15) is 0 Å². The van der Waals surface area contributed by atoms with E-state index in [9.17, 15) is 13.2 Å². The van der Waals surface area contributed by atoms with Crippen molar-refractivity contribution in [3.8, 4) is 0 Å². The summed E-state index contributed by atoms with van der Waals surface area (Å²) in [4.78, 5) is 15.8. The zero-order valence-corrected chi connectivity index (χ0v) is 16.6. The van der Waals surface area contributed by atoms with Gasteiger partial charge >= 0.3 is 0 Å². The fraction of sp³-hybridized carbons (Fsp3) is 0.611. The quantitative estimate of drug-likeness (QED) is 0.704. The summed E-state index contributed by atoms with van der Waals surface area (Å²) in [5.41, 5.74) is 0. The van der Waals surface area contributed by atoms with Crippen LogP contribution in [0.1, 0.15) is 38.5 Å². The Kier molecular flexibility index (Phi) is 6.34. The van der Waals surface area contributed by atoms with Gasteiger partial charge in [-0.25, -0.2) is 8.42 Å². The van der Waals surface area contributed by atoms with Crippen molar-refractivity contribution in [1.29, 1.82) is 0 Å². The number of amides is 1. The molecule has 1 aromatic rings. The van der Waals surface area contributed by atoms with Gasteiger partial charge in [0.05, 0.1) is 22.3 Å². The van der Waals surface area contributed by atoms with Gasteiger partial charge in [0, 0.05) is 17.0 Å². The summed E-state index contributed by atoms with van der Waals surface area (Å²) in [5, 5.41) is 0.646. The monoisotopic (exact) mass is 401 g/mol. The lowest BCUT2D eigenvalue weighted by Gasteiger charge is -2.38. The van der Waals surface area contributed by atoms with Crippen molar-refractivity contribution in [3.05, 3.63) is 29.3 Å². The maximum absolute atomic E-state index is 13.0. The first-order valence-corrected chi connectivity index (χ1v) is 12.0. The fourth-order valence-electron chi connectivity index (χ4n) is 3.84. The summed E-state index contributed by atoms with van der Waals surface area (Å²) in [6.07, 6.45) is 5.98. The fourth-order valence-corrected chi connectivity index (χ4v) is 6.65. The number of benzene rings is 1. The molecule has 2 aliphatic rings. The molecule has 1 heterocycles. The summed E-state index contributed by atoms with van der Waals surface area (Å²) in [6.45, 7) is 0. The minimum absolute atomic E-state index is 0.0407. The van der Waals surface area contributed by atoms with Crippen LogP contribution in [0.3, 0.4) is 0 Å². The smallest absolute Gasteiger partial charge is 0.233 e. The Labute approximate surface area is 159 Å². The highest BCUT2D eigenvalue weighted by atomic mass is 35.5. The summed E-state index contributed by atoms with van der Waals surface area (Å²) < 4.78 is 23.8. The molecule has 138 valence electrons. The van der Waals surface area contributed by atoms with Crippen LogP contribution in [0.4, 0.5) is 0 Å². The summed E-state index contributed by atoms with van der Waals surface area (Å²) in [7, 11) is -3.01. The van der Waals surface area contributed by atoms with Gasteiger partial charge < -0.3 is 4.90 Å². The van der Waals surface area contributed by atoms with Crippen molar-refractivity contribution < 1.29 is 13.2 Å². The van der Waals surface area contributed by atoms with Crippen molar-refractivity contribution in [3.63, 3.8) is 0 Å². The van der Waals surface area contributed by atoms with Crippen LogP contribution in [0.2, 0.25) is 5.02 Å². The first-order chi connectivity index (χ1) is 12.0. The molecule has 0 N–H and O–H groups in total.